The molecule has 0 spiro atoms. The molecule has 0 saturated carbocycles. The van der Waals surface area contributed by atoms with Gasteiger partial charge < -0.3 is 4.99 Å². The molecule has 0 bridgehead atoms. The highest BCUT2D eigenvalue weighted by Gasteiger charge is 1.73. The maximum absolute atomic E-state index is 3.83. The van der Waals surface area contributed by atoms with E-state index in [0.29, 0.717) is 0 Å². The number of rotatable bonds is 0. The van der Waals surface area contributed by atoms with Gasteiger partial charge in [0.15, 0.2) is 0 Å². The topological polar surface area (TPSA) is 12.4 Å². The number of nitrogens with zero attached hydrogens (tertiary/aromatic N) is 1. The smallest absolute Gasteiger partial charge is 0.0960 e. The fraction of sp³-hybridized carbons (Fsp3) is 0.500. The number of aliphatic imine (C=N–C) groups is 1. The standard InChI is InChI=1S/C4H6N/c1-2-4-5-3-1/h3-4H,1-2H2/q-1. The van der Waals surface area contributed by atoms with Crippen molar-refractivity contribution in [2.75, 3.05) is 0 Å². The maximum atomic E-state index is 3.83. The van der Waals surface area contributed by atoms with Crippen molar-refractivity contribution in [1.82, 2.24) is 0 Å². The molecule has 0 unspecified atom stereocenters. The second kappa shape index (κ2) is 1.11. The number of hydrogen-bond donors (Lipinski definition) is 0. The third kappa shape index (κ3) is 0.407. The molecule has 0 aromatic heterocycles. The second-order valence-electron chi connectivity index (χ2n) is 1.09. The summed E-state index contributed by atoms with van der Waals surface area (Å²) in [4.78, 5) is 3.83. The Balaban J connectivity index is 2.32. The van der Waals surface area contributed by atoms with E-state index in [1.807, 2.05) is 12.8 Å². The van der Waals surface area contributed by atoms with Crippen molar-refractivity contribution in [3.8, 4) is 0 Å². The molecule has 0 aromatic rings. The van der Waals surface area contributed by atoms with Crippen LogP contribution in [0.25, 0.3) is 0 Å². The molecule has 1 heterocycles. The third-order valence-corrected chi connectivity index (χ3v) is 0.636. The molecule has 1 heteroatoms. The van der Waals surface area contributed by atoms with E-state index in [2.05, 4.69) is 4.99 Å². The van der Waals surface area contributed by atoms with Crippen LogP contribution in [0, 0.1) is 6.54 Å². The summed E-state index contributed by atoms with van der Waals surface area (Å²) in [6.45, 7) is 1.93. The van der Waals surface area contributed by atoms with Gasteiger partial charge in [0.25, 0.3) is 0 Å². The molecule has 1 aliphatic heterocycles. The van der Waals surface area contributed by atoms with Crippen LogP contribution in [0.4, 0.5) is 0 Å². The highest BCUT2D eigenvalue weighted by atomic mass is 14.7. The van der Waals surface area contributed by atoms with Gasteiger partial charge in [-0.1, -0.05) is 12.8 Å². The highest BCUT2D eigenvalue weighted by molar-refractivity contribution is 5.60. The molecule has 0 radical (unpaired) electrons. The average Bonchev–Trinajstić information content (AvgIpc) is 1.76. The van der Waals surface area contributed by atoms with Gasteiger partial charge in [-0.3, -0.25) is 0 Å². The first kappa shape index (κ1) is 2.76. The summed E-state index contributed by atoms with van der Waals surface area (Å²) >= 11 is 0. The first-order valence-corrected chi connectivity index (χ1v) is 1.83. The van der Waals surface area contributed by atoms with Crippen LogP contribution < -0.4 is 0 Å². The second-order valence-corrected chi connectivity index (χ2v) is 1.09. The van der Waals surface area contributed by atoms with Crippen LogP contribution in [0.3, 0.4) is 0 Å². The molecular formula is C4H6N-. The van der Waals surface area contributed by atoms with Gasteiger partial charge in [0.2, 0.25) is 0 Å². The van der Waals surface area contributed by atoms with Crippen LogP contribution in [-0.4, -0.2) is 6.21 Å². The molecule has 0 amide bonds. The molecule has 1 aliphatic rings. The molecule has 1 rings (SSSR count). The van der Waals surface area contributed by atoms with E-state index >= 15 is 0 Å². The predicted molar refractivity (Wildman–Crippen MR) is 22.0 cm³/mol. The zero-order chi connectivity index (χ0) is 3.54. The van der Waals surface area contributed by atoms with Gasteiger partial charge in [0.1, 0.15) is 0 Å². The van der Waals surface area contributed by atoms with Crippen molar-refractivity contribution in [2.45, 2.75) is 12.8 Å². The maximum Gasteiger partial charge on any atom is -0.0960 e. The molecule has 0 saturated heterocycles. The van der Waals surface area contributed by atoms with Crippen molar-refractivity contribution >= 4 is 6.21 Å². The van der Waals surface area contributed by atoms with Gasteiger partial charge in [-0.25, -0.2) is 0 Å². The average molecular weight is 68.1 g/mol. The van der Waals surface area contributed by atoms with Crippen molar-refractivity contribution in [2.24, 2.45) is 4.99 Å². The molecule has 0 N–H and O–H groups in total. The Hall–Kier alpha value is -0.460. The van der Waals surface area contributed by atoms with Gasteiger partial charge in [0.05, 0.1) is 0 Å². The minimum atomic E-state index is 1.15. The Bertz CT molecular complexity index is 41.6. The molecular weight excluding hydrogens is 62.1 g/mol. The van der Waals surface area contributed by atoms with Crippen LogP contribution in [0.15, 0.2) is 4.99 Å². The summed E-state index contributed by atoms with van der Waals surface area (Å²) in [6, 6.07) is 0. The van der Waals surface area contributed by atoms with E-state index < -0.39 is 0 Å². The Labute approximate surface area is 31.7 Å². The zero-order valence-corrected chi connectivity index (χ0v) is 3.02. The van der Waals surface area contributed by atoms with Gasteiger partial charge in [-0.2, -0.15) is 0 Å². The summed E-state index contributed by atoms with van der Waals surface area (Å²) in [5, 5.41) is 0. The quantitative estimate of drug-likeness (QED) is 0.376. The van der Waals surface area contributed by atoms with Crippen molar-refractivity contribution in [3.05, 3.63) is 6.54 Å². The fourth-order valence-electron chi connectivity index (χ4n) is 0.373. The largest absolute Gasteiger partial charge is 0.458 e. The molecule has 0 fully saturated rings. The summed E-state index contributed by atoms with van der Waals surface area (Å²) < 4.78 is 0. The molecule has 1 nitrogen and oxygen atoms in total. The van der Waals surface area contributed by atoms with Crippen LogP contribution in [0.1, 0.15) is 12.8 Å². The van der Waals surface area contributed by atoms with E-state index in [1.165, 1.54) is 0 Å². The lowest BCUT2D eigenvalue weighted by Gasteiger charge is -1.80. The van der Waals surface area contributed by atoms with E-state index in [1.54, 1.807) is 0 Å². The summed E-state index contributed by atoms with van der Waals surface area (Å²) in [6.07, 6.45) is 4.24. The van der Waals surface area contributed by atoms with Gasteiger partial charge in [-0.15, -0.1) is 12.8 Å². The Morgan fingerprint density at radius 1 is 1.80 bits per heavy atom. The SMILES string of the molecule is C1=N[CH-]CC1. The highest BCUT2D eigenvalue weighted by Crippen LogP contribution is 1.98. The normalized spacial score (nSPS) is 19.2. The van der Waals surface area contributed by atoms with E-state index in [0.717, 1.165) is 12.8 Å². The van der Waals surface area contributed by atoms with Gasteiger partial charge in [-0.05, 0) is 0 Å². The van der Waals surface area contributed by atoms with E-state index in [4.69, 9.17) is 0 Å². The molecule has 5 heavy (non-hydrogen) atoms. The minimum absolute atomic E-state index is 1.15. The van der Waals surface area contributed by atoms with Crippen LogP contribution in [-0.2, 0) is 0 Å². The Morgan fingerprint density at radius 3 is 3.00 bits per heavy atom. The monoisotopic (exact) mass is 68.1 g/mol. The molecule has 28 valence electrons. The summed E-state index contributed by atoms with van der Waals surface area (Å²) in [7, 11) is 0. The zero-order valence-electron chi connectivity index (χ0n) is 3.02. The van der Waals surface area contributed by atoms with Crippen molar-refractivity contribution in [3.63, 3.8) is 0 Å². The summed E-state index contributed by atoms with van der Waals surface area (Å²) in [5.74, 6) is 0. The first-order chi connectivity index (χ1) is 2.50. The Kier molecular flexibility index (Phi) is 0.612. The van der Waals surface area contributed by atoms with Crippen molar-refractivity contribution < 1.29 is 0 Å². The van der Waals surface area contributed by atoms with Crippen molar-refractivity contribution in [1.29, 1.82) is 0 Å². The van der Waals surface area contributed by atoms with Crippen LogP contribution >= 0.6 is 0 Å². The minimum Gasteiger partial charge on any atom is -0.458 e. The number of hydrogen-bond acceptors (Lipinski definition) is 1. The summed E-state index contributed by atoms with van der Waals surface area (Å²) in [5.41, 5.74) is 0. The molecule has 0 aromatic carbocycles. The van der Waals surface area contributed by atoms with E-state index in [-0.39, 0.29) is 0 Å². The lowest BCUT2D eigenvalue weighted by atomic mass is 10.4. The van der Waals surface area contributed by atoms with Crippen LogP contribution in [0.2, 0.25) is 0 Å². The van der Waals surface area contributed by atoms with Gasteiger partial charge in [0, 0.05) is 0 Å². The fourth-order valence-corrected chi connectivity index (χ4v) is 0.373. The van der Waals surface area contributed by atoms with Crippen LogP contribution in [0.5, 0.6) is 0 Å². The van der Waals surface area contributed by atoms with Gasteiger partial charge >= 0.3 is 0 Å². The molecule has 0 atom stereocenters. The lowest BCUT2D eigenvalue weighted by molar-refractivity contribution is 1.07. The first-order valence-electron chi connectivity index (χ1n) is 1.83. The lowest BCUT2D eigenvalue weighted by Crippen LogP contribution is -1.56. The predicted octanol–water partition coefficient (Wildman–Crippen LogP) is 1.01. The van der Waals surface area contributed by atoms with E-state index in [9.17, 15) is 0 Å². The third-order valence-electron chi connectivity index (χ3n) is 0.636. The molecule has 0 aliphatic carbocycles. The Morgan fingerprint density at radius 2 is 2.80 bits per heavy atom.